The lowest BCUT2D eigenvalue weighted by molar-refractivity contribution is -0.142. The molecule has 1 aromatic carbocycles. The Labute approximate surface area is 120 Å². The van der Waals surface area contributed by atoms with E-state index in [0.717, 1.165) is 11.3 Å². The molecular weight excluding hydrogens is 254 g/mol. The molecule has 112 valence electrons. The van der Waals surface area contributed by atoms with Crippen LogP contribution in [-0.2, 0) is 4.79 Å². The Bertz CT molecular complexity index is 467. The van der Waals surface area contributed by atoms with Crippen molar-refractivity contribution in [1.82, 2.24) is 0 Å². The van der Waals surface area contributed by atoms with Crippen LogP contribution in [0, 0.1) is 6.92 Å². The Hall–Kier alpha value is -1.55. The van der Waals surface area contributed by atoms with Gasteiger partial charge in [0.05, 0.1) is 6.61 Å². The molecule has 20 heavy (non-hydrogen) atoms. The molecular formula is C16H25NO3. The summed E-state index contributed by atoms with van der Waals surface area (Å²) in [6.45, 7) is 8.28. The molecule has 0 amide bonds. The summed E-state index contributed by atoms with van der Waals surface area (Å²) in [5.41, 5.74) is 6.82. The maximum Gasteiger partial charge on any atom is 0.323 e. The fourth-order valence-electron chi connectivity index (χ4n) is 1.97. The van der Waals surface area contributed by atoms with Crippen LogP contribution in [0.15, 0.2) is 18.2 Å². The van der Waals surface area contributed by atoms with E-state index in [4.69, 9.17) is 15.6 Å². The molecule has 1 unspecified atom stereocenters. The van der Waals surface area contributed by atoms with E-state index in [2.05, 4.69) is 26.0 Å². The molecule has 0 saturated carbocycles. The van der Waals surface area contributed by atoms with Crippen LogP contribution in [0.5, 0.6) is 5.75 Å². The number of hydrogen-bond acceptors (Lipinski definition) is 3. The first-order chi connectivity index (χ1) is 9.24. The number of hydrogen-bond donors (Lipinski definition) is 2. The molecule has 4 nitrogen and oxygen atoms in total. The van der Waals surface area contributed by atoms with Gasteiger partial charge in [-0.2, -0.15) is 0 Å². The number of nitrogens with two attached hydrogens (primary N) is 1. The van der Waals surface area contributed by atoms with Gasteiger partial charge in [0, 0.05) is 0 Å². The van der Waals surface area contributed by atoms with Gasteiger partial charge in [-0.3, -0.25) is 4.79 Å². The molecule has 0 radical (unpaired) electrons. The molecule has 1 atom stereocenters. The van der Waals surface area contributed by atoms with Gasteiger partial charge < -0.3 is 15.6 Å². The summed E-state index contributed by atoms with van der Waals surface area (Å²) < 4.78 is 5.81. The first-order valence-electron chi connectivity index (χ1n) is 6.99. The SMILES string of the molecule is Cc1ccc(C(C)C)c(OCCCC(C)(N)C(=O)O)c1. The highest BCUT2D eigenvalue weighted by molar-refractivity contribution is 5.77. The number of carboxylic acids is 1. The van der Waals surface area contributed by atoms with E-state index in [1.165, 1.54) is 12.5 Å². The van der Waals surface area contributed by atoms with Crippen molar-refractivity contribution in [3.8, 4) is 5.75 Å². The van der Waals surface area contributed by atoms with E-state index in [1.54, 1.807) is 0 Å². The maximum atomic E-state index is 10.9. The average molecular weight is 279 g/mol. The van der Waals surface area contributed by atoms with Crippen LogP contribution in [0.25, 0.3) is 0 Å². The van der Waals surface area contributed by atoms with E-state index < -0.39 is 11.5 Å². The van der Waals surface area contributed by atoms with Crippen LogP contribution in [0.3, 0.4) is 0 Å². The fourth-order valence-corrected chi connectivity index (χ4v) is 1.97. The molecule has 0 aliphatic heterocycles. The second-order valence-electron chi connectivity index (χ2n) is 5.87. The van der Waals surface area contributed by atoms with Gasteiger partial charge in [0.15, 0.2) is 0 Å². The summed E-state index contributed by atoms with van der Waals surface area (Å²) in [4.78, 5) is 10.9. The van der Waals surface area contributed by atoms with Crippen LogP contribution < -0.4 is 10.5 Å². The third-order valence-electron chi connectivity index (χ3n) is 3.38. The van der Waals surface area contributed by atoms with Crippen molar-refractivity contribution in [2.75, 3.05) is 6.61 Å². The van der Waals surface area contributed by atoms with Gasteiger partial charge >= 0.3 is 5.97 Å². The number of benzene rings is 1. The van der Waals surface area contributed by atoms with Crippen LogP contribution in [0.1, 0.15) is 50.7 Å². The van der Waals surface area contributed by atoms with E-state index in [1.807, 2.05) is 13.0 Å². The highest BCUT2D eigenvalue weighted by Crippen LogP contribution is 2.27. The Morgan fingerprint density at radius 3 is 2.65 bits per heavy atom. The van der Waals surface area contributed by atoms with E-state index in [0.29, 0.717) is 25.4 Å². The fraction of sp³-hybridized carbons (Fsp3) is 0.562. The summed E-state index contributed by atoms with van der Waals surface area (Å²) in [5, 5.41) is 8.95. The normalized spacial score (nSPS) is 14.1. The Morgan fingerprint density at radius 1 is 1.45 bits per heavy atom. The average Bonchev–Trinajstić information content (AvgIpc) is 2.34. The molecule has 0 spiro atoms. The molecule has 4 heteroatoms. The number of aryl methyl sites for hydroxylation is 1. The number of carboxylic acid groups (broad SMARTS) is 1. The first kappa shape index (κ1) is 16.5. The van der Waals surface area contributed by atoms with Gasteiger partial charge in [-0.1, -0.05) is 26.0 Å². The minimum absolute atomic E-state index is 0.393. The molecule has 0 aromatic heterocycles. The molecule has 0 bridgehead atoms. The minimum atomic E-state index is -1.18. The lowest BCUT2D eigenvalue weighted by Gasteiger charge is -2.19. The number of ether oxygens (including phenoxy) is 1. The molecule has 0 aliphatic rings. The quantitative estimate of drug-likeness (QED) is 0.752. The van der Waals surface area contributed by atoms with E-state index in [-0.39, 0.29) is 0 Å². The molecule has 0 fully saturated rings. The Morgan fingerprint density at radius 2 is 2.10 bits per heavy atom. The predicted molar refractivity (Wildman–Crippen MR) is 80.2 cm³/mol. The highest BCUT2D eigenvalue weighted by atomic mass is 16.5. The molecule has 0 aliphatic carbocycles. The molecule has 0 heterocycles. The van der Waals surface area contributed by atoms with E-state index in [9.17, 15) is 4.79 Å². The van der Waals surface area contributed by atoms with Crippen LogP contribution in [-0.4, -0.2) is 23.2 Å². The first-order valence-corrected chi connectivity index (χ1v) is 6.99. The van der Waals surface area contributed by atoms with Crippen molar-refractivity contribution in [3.63, 3.8) is 0 Å². The summed E-state index contributed by atoms with van der Waals surface area (Å²) in [5.74, 6) is 0.300. The third kappa shape index (κ3) is 4.53. The Kier molecular flexibility index (Phi) is 5.57. The largest absolute Gasteiger partial charge is 0.493 e. The van der Waals surface area contributed by atoms with Crippen molar-refractivity contribution < 1.29 is 14.6 Å². The second kappa shape index (κ2) is 6.75. The zero-order valence-electron chi connectivity index (χ0n) is 12.8. The topological polar surface area (TPSA) is 72.5 Å². The summed E-state index contributed by atoms with van der Waals surface area (Å²) in [6.07, 6.45) is 1.01. The monoisotopic (exact) mass is 279 g/mol. The second-order valence-corrected chi connectivity index (χ2v) is 5.87. The molecule has 1 rings (SSSR count). The van der Waals surface area contributed by atoms with Crippen molar-refractivity contribution in [2.45, 2.75) is 52.0 Å². The zero-order chi connectivity index (χ0) is 15.3. The van der Waals surface area contributed by atoms with Gasteiger partial charge in [-0.25, -0.2) is 0 Å². The summed E-state index contributed by atoms with van der Waals surface area (Å²) >= 11 is 0. The van der Waals surface area contributed by atoms with Crippen LogP contribution in [0.2, 0.25) is 0 Å². The van der Waals surface area contributed by atoms with Crippen LogP contribution in [0.4, 0.5) is 0 Å². The minimum Gasteiger partial charge on any atom is -0.493 e. The number of rotatable bonds is 7. The number of carbonyl (C=O) groups is 1. The smallest absolute Gasteiger partial charge is 0.323 e. The van der Waals surface area contributed by atoms with Crippen LogP contribution >= 0.6 is 0 Å². The number of aliphatic carboxylic acids is 1. The lowest BCUT2D eigenvalue weighted by atomic mass is 9.98. The molecule has 1 aromatic rings. The Balaban J connectivity index is 2.58. The summed E-state index contributed by atoms with van der Waals surface area (Å²) in [6, 6.07) is 6.18. The summed E-state index contributed by atoms with van der Waals surface area (Å²) in [7, 11) is 0. The predicted octanol–water partition coefficient (Wildman–Crippen LogP) is 3.08. The van der Waals surface area contributed by atoms with Gasteiger partial charge in [-0.15, -0.1) is 0 Å². The molecule has 0 saturated heterocycles. The maximum absolute atomic E-state index is 10.9. The van der Waals surface area contributed by atoms with E-state index >= 15 is 0 Å². The van der Waals surface area contributed by atoms with Crippen molar-refractivity contribution in [2.24, 2.45) is 5.73 Å². The van der Waals surface area contributed by atoms with Crippen molar-refractivity contribution >= 4 is 5.97 Å². The highest BCUT2D eigenvalue weighted by Gasteiger charge is 2.26. The van der Waals surface area contributed by atoms with Crippen molar-refractivity contribution in [3.05, 3.63) is 29.3 Å². The third-order valence-corrected chi connectivity index (χ3v) is 3.38. The van der Waals surface area contributed by atoms with Gasteiger partial charge in [-0.05, 0) is 49.8 Å². The van der Waals surface area contributed by atoms with Crippen molar-refractivity contribution in [1.29, 1.82) is 0 Å². The van der Waals surface area contributed by atoms with Gasteiger partial charge in [0.25, 0.3) is 0 Å². The molecule has 3 N–H and O–H groups in total. The zero-order valence-corrected chi connectivity index (χ0v) is 12.8. The standard InChI is InChI=1S/C16H25NO3/c1-11(2)13-7-6-12(3)10-14(13)20-9-5-8-16(4,17)15(18)19/h6-7,10-11H,5,8-9,17H2,1-4H3,(H,18,19). The van der Waals surface area contributed by atoms with Gasteiger partial charge in [0.1, 0.15) is 11.3 Å². The van der Waals surface area contributed by atoms with Gasteiger partial charge in [0.2, 0.25) is 0 Å². The lowest BCUT2D eigenvalue weighted by Crippen LogP contribution is -2.44.